The SMILES string of the molecule is CN1CC(NC(=O)N2CCCCC2)CC2Cc3c(sc(N)c3C#N)CC21. The van der Waals surface area contributed by atoms with Crippen LogP contribution in [0.4, 0.5) is 9.80 Å². The third kappa shape index (κ3) is 3.17. The number of anilines is 1. The summed E-state index contributed by atoms with van der Waals surface area (Å²) in [6.07, 6.45) is 6.31. The summed E-state index contributed by atoms with van der Waals surface area (Å²) in [5.74, 6) is 0.467. The Labute approximate surface area is 158 Å². The van der Waals surface area contributed by atoms with E-state index < -0.39 is 0 Å². The molecule has 3 N–H and O–H groups in total. The summed E-state index contributed by atoms with van der Waals surface area (Å²) in [5, 5.41) is 13.4. The number of hydrogen-bond donors (Lipinski definition) is 2. The van der Waals surface area contributed by atoms with E-state index in [1.165, 1.54) is 11.3 Å². The molecule has 26 heavy (non-hydrogen) atoms. The minimum Gasteiger partial charge on any atom is -0.389 e. The molecule has 2 aliphatic heterocycles. The number of fused-ring (bicyclic) bond motifs is 2. The van der Waals surface area contributed by atoms with E-state index >= 15 is 0 Å². The van der Waals surface area contributed by atoms with Crippen LogP contribution < -0.4 is 11.1 Å². The summed E-state index contributed by atoms with van der Waals surface area (Å²) in [6.45, 7) is 2.65. The number of carbonyl (C=O) groups excluding carboxylic acids is 1. The van der Waals surface area contributed by atoms with Gasteiger partial charge in [0.25, 0.3) is 0 Å². The molecular formula is C19H27N5OS. The number of piperidine rings is 2. The first-order valence-corrected chi connectivity index (χ1v) is 10.4. The number of nitrogens with two attached hydrogens (primary N) is 1. The average Bonchev–Trinajstić information content (AvgIpc) is 2.95. The van der Waals surface area contributed by atoms with E-state index in [4.69, 9.17) is 5.73 Å². The van der Waals surface area contributed by atoms with Gasteiger partial charge < -0.3 is 20.9 Å². The number of likely N-dealkylation sites (tertiary alicyclic amines) is 2. The molecule has 0 bridgehead atoms. The third-order valence-electron chi connectivity index (χ3n) is 6.27. The van der Waals surface area contributed by atoms with Crippen molar-refractivity contribution >= 4 is 22.4 Å². The Morgan fingerprint density at radius 2 is 2.08 bits per heavy atom. The summed E-state index contributed by atoms with van der Waals surface area (Å²) in [6, 6.07) is 3.05. The van der Waals surface area contributed by atoms with Crippen molar-refractivity contribution in [3.63, 3.8) is 0 Å². The van der Waals surface area contributed by atoms with Gasteiger partial charge in [-0.1, -0.05) is 0 Å². The fourth-order valence-electron chi connectivity index (χ4n) is 4.94. The van der Waals surface area contributed by atoms with Crippen LogP contribution in [0, 0.1) is 17.2 Å². The highest BCUT2D eigenvalue weighted by molar-refractivity contribution is 7.16. The number of amides is 2. The molecule has 7 heteroatoms. The zero-order valence-corrected chi connectivity index (χ0v) is 16.1. The zero-order valence-electron chi connectivity index (χ0n) is 15.3. The molecule has 3 aliphatic rings. The zero-order chi connectivity index (χ0) is 18.3. The van der Waals surface area contributed by atoms with Gasteiger partial charge in [-0.25, -0.2) is 4.79 Å². The Hall–Kier alpha value is -1.78. The minimum atomic E-state index is 0.0931. The molecule has 140 valence electrons. The van der Waals surface area contributed by atoms with Crippen LogP contribution in [0.3, 0.4) is 0 Å². The topological polar surface area (TPSA) is 85.4 Å². The average molecular weight is 374 g/mol. The highest BCUT2D eigenvalue weighted by Gasteiger charge is 2.40. The van der Waals surface area contributed by atoms with E-state index in [-0.39, 0.29) is 12.1 Å². The minimum absolute atomic E-state index is 0.0931. The van der Waals surface area contributed by atoms with E-state index in [1.54, 1.807) is 11.3 Å². The van der Waals surface area contributed by atoms with Crippen LogP contribution in [0.5, 0.6) is 0 Å². The fourth-order valence-corrected chi connectivity index (χ4v) is 6.04. The van der Waals surface area contributed by atoms with Crippen molar-refractivity contribution in [1.82, 2.24) is 15.1 Å². The molecule has 1 aromatic rings. The van der Waals surface area contributed by atoms with Crippen molar-refractivity contribution in [2.75, 3.05) is 32.4 Å². The number of carbonyl (C=O) groups is 1. The highest BCUT2D eigenvalue weighted by Crippen LogP contribution is 2.41. The number of nitrogen functional groups attached to an aromatic ring is 1. The summed E-state index contributed by atoms with van der Waals surface area (Å²) in [5.41, 5.74) is 7.90. The van der Waals surface area contributed by atoms with E-state index in [1.807, 2.05) is 4.90 Å². The number of urea groups is 1. The predicted octanol–water partition coefficient (Wildman–Crippen LogP) is 2.18. The standard InChI is InChI=1S/C19H27N5OS/c1-23-11-13(22-19(25)24-5-3-2-4-6-24)7-12-8-14-15(10-20)18(21)26-17(14)9-16(12)23/h12-13,16H,2-9,11,21H2,1H3,(H,22,25). The summed E-state index contributed by atoms with van der Waals surface area (Å²) >= 11 is 1.58. The maximum Gasteiger partial charge on any atom is 0.317 e. The van der Waals surface area contributed by atoms with Crippen molar-refractivity contribution in [3.8, 4) is 6.07 Å². The molecule has 3 unspecified atom stereocenters. The second-order valence-corrected chi connectivity index (χ2v) is 9.10. The lowest BCUT2D eigenvalue weighted by molar-refractivity contribution is 0.0862. The molecule has 3 heterocycles. The van der Waals surface area contributed by atoms with Crippen molar-refractivity contribution < 1.29 is 4.79 Å². The molecule has 6 nitrogen and oxygen atoms in total. The van der Waals surface area contributed by atoms with Crippen LogP contribution >= 0.6 is 11.3 Å². The van der Waals surface area contributed by atoms with Gasteiger partial charge in [0.05, 0.1) is 5.56 Å². The highest BCUT2D eigenvalue weighted by atomic mass is 32.1. The second kappa shape index (κ2) is 7.09. The van der Waals surface area contributed by atoms with Crippen LogP contribution in [0.1, 0.15) is 41.7 Å². The maximum absolute atomic E-state index is 12.6. The smallest absolute Gasteiger partial charge is 0.317 e. The lowest BCUT2D eigenvalue weighted by Gasteiger charge is -2.45. The normalized spacial score (nSPS) is 28.8. The predicted molar refractivity (Wildman–Crippen MR) is 103 cm³/mol. The number of thiophene rings is 1. The van der Waals surface area contributed by atoms with Crippen molar-refractivity contribution in [2.24, 2.45) is 5.92 Å². The largest absolute Gasteiger partial charge is 0.389 e. The van der Waals surface area contributed by atoms with Crippen LogP contribution in [0.25, 0.3) is 0 Å². The fraction of sp³-hybridized carbons (Fsp3) is 0.684. The molecule has 4 rings (SSSR count). The number of rotatable bonds is 1. The molecule has 3 atom stereocenters. The third-order valence-corrected chi connectivity index (χ3v) is 7.35. The van der Waals surface area contributed by atoms with E-state index in [0.29, 0.717) is 22.5 Å². The van der Waals surface area contributed by atoms with E-state index in [9.17, 15) is 10.1 Å². The van der Waals surface area contributed by atoms with E-state index in [2.05, 4.69) is 23.3 Å². The first-order valence-electron chi connectivity index (χ1n) is 9.62. The van der Waals surface area contributed by atoms with Crippen molar-refractivity contribution in [1.29, 1.82) is 5.26 Å². The molecule has 2 fully saturated rings. The molecule has 0 spiro atoms. The molecular weight excluding hydrogens is 346 g/mol. The first-order chi connectivity index (χ1) is 12.6. The molecule has 2 amide bonds. The molecule has 2 saturated heterocycles. The first kappa shape index (κ1) is 17.6. The van der Waals surface area contributed by atoms with Crippen LogP contribution in [-0.2, 0) is 12.8 Å². The van der Waals surface area contributed by atoms with Gasteiger partial charge >= 0.3 is 6.03 Å². The lowest BCUT2D eigenvalue weighted by atomic mass is 9.76. The Bertz CT molecular complexity index is 733. The number of hydrogen-bond acceptors (Lipinski definition) is 5. The van der Waals surface area contributed by atoms with E-state index in [0.717, 1.165) is 57.3 Å². The van der Waals surface area contributed by atoms with Gasteiger partial charge in [0.1, 0.15) is 11.1 Å². The van der Waals surface area contributed by atoms with Crippen LogP contribution in [0.15, 0.2) is 0 Å². The Kier molecular flexibility index (Phi) is 4.80. The monoisotopic (exact) mass is 373 g/mol. The number of nitrogens with zero attached hydrogens (tertiary/aromatic N) is 3. The van der Waals surface area contributed by atoms with Gasteiger partial charge in [-0.3, -0.25) is 0 Å². The van der Waals surface area contributed by atoms with Crippen molar-refractivity contribution in [3.05, 3.63) is 16.0 Å². The molecule has 0 aromatic carbocycles. The quantitative estimate of drug-likeness (QED) is 0.790. The van der Waals surface area contributed by atoms with Gasteiger partial charge in [0.2, 0.25) is 0 Å². The van der Waals surface area contributed by atoms with Gasteiger partial charge in [-0.05, 0) is 57.1 Å². The van der Waals surface area contributed by atoms with Gasteiger partial charge in [-0.15, -0.1) is 11.3 Å². The Balaban J connectivity index is 1.45. The number of nitriles is 1. The van der Waals surface area contributed by atoms with Gasteiger partial charge in [0.15, 0.2) is 0 Å². The van der Waals surface area contributed by atoms with Gasteiger partial charge in [-0.2, -0.15) is 5.26 Å². The second-order valence-electron chi connectivity index (χ2n) is 7.96. The molecule has 1 aromatic heterocycles. The summed E-state index contributed by atoms with van der Waals surface area (Å²) < 4.78 is 0. The van der Waals surface area contributed by atoms with Crippen LogP contribution in [0.2, 0.25) is 0 Å². The number of nitrogens with one attached hydrogen (secondary N) is 1. The number of likely N-dealkylation sites (N-methyl/N-ethyl adjacent to an activating group) is 1. The van der Waals surface area contributed by atoms with Gasteiger partial charge in [0, 0.05) is 36.6 Å². The summed E-state index contributed by atoms with van der Waals surface area (Å²) in [7, 11) is 2.16. The Morgan fingerprint density at radius 1 is 1.31 bits per heavy atom. The molecule has 0 radical (unpaired) electrons. The molecule has 1 aliphatic carbocycles. The maximum atomic E-state index is 12.6. The van der Waals surface area contributed by atoms with Crippen molar-refractivity contribution in [2.45, 2.75) is 50.6 Å². The van der Waals surface area contributed by atoms with Crippen LogP contribution in [-0.4, -0.2) is 54.6 Å². The summed E-state index contributed by atoms with van der Waals surface area (Å²) in [4.78, 5) is 18.2. The molecule has 0 saturated carbocycles. The lowest BCUT2D eigenvalue weighted by Crippen LogP contribution is -2.58. The Morgan fingerprint density at radius 3 is 2.81 bits per heavy atom.